The van der Waals surface area contributed by atoms with Crippen LogP contribution in [0.2, 0.25) is 0 Å². The third-order valence-corrected chi connectivity index (χ3v) is 1.40. The van der Waals surface area contributed by atoms with E-state index in [0.29, 0.717) is 0 Å². The van der Waals surface area contributed by atoms with Crippen LogP contribution >= 0.6 is 0 Å². The molecule has 1 aliphatic carbocycles. The molecule has 1 nitrogen and oxygen atoms in total. The lowest BCUT2D eigenvalue weighted by Crippen LogP contribution is -2.04. The van der Waals surface area contributed by atoms with Crippen molar-refractivity contribution < 1.29 is 10.3 Å². The Morgan fingerprint density at radius 1 is 1.62 bits per heavy atom. The van der Waals surface area contributed by atoms with Crippen LogP contribution in [0.1, 0.15) is 38.0 Å². The van der Waals surface area contributed by atoms with Gasteiger partial charge in [-0.3, -0.25) is 4.79 Å². The van der Waals surface area contributed by atoms with Crippen molar-refractivity contribution in [1.82, 2.24) is 0 Å². The zero-order chi connectivity index (χ0) is 9.57. The average Bonchev–Trinajstić information content (AvgIpc) is 2.03. The molecule has 1 fully saturated rings. The Morgan fingerprint density at radius 3 is 2.38 bits per heavy atom. The van der Waals surface area contributed by atoms with E-state index in [4.69, 9.17) is 5.48 Å². The number of Topliss-reactive ketones (excluding diaryl/α,β-unsaturated/α-hetero) is 1. The Hall–Kier alpha value is -0.330. The van der Waals surface area contributed by atoms with Gasteiger partial charge in [-0.2, -0.15) is 0 Å². The van der Waals surface area contributed by atoms with Crippen molar-refractivity contribution in [1.29, 1.82) is 0 Å². The maximum atomic E-state index is 10.9. The molecule has 1 heteroatoms. The van der Waals surface area contributed by atoms with Crippen LogP contribution < -0.4 is 0 Å². The number of hydrogen-bond donors (Lipinski definition) is 0. The Bertz CT molecular complexity index is 195. The highest BCUT2D eigenvalue weighted by atomic mass is 16.1. The lowest BCUT2D eigenvalue weighted by atomic mass is 10.0. The normalized spacial score (nSPS) is 41.6. The Balaban J connectivity index is 2.81. The van der Waals surface area contributed by atoms with Crippen molar-refractivity contribution in [2.75, 3.05) is 0 Å². The second-order valence-corrected chi connectivity index (χ2v) is 2.07. The van der Waals surface area contributed by atoms with E-state index in [1.54, 1.807) is 0 Å². The zero-order valence-electron chi connectivity index (χ0n) is 8.90. The van der Waals surface area contributed by atoms with Gasteiger partial charge < -0.3 is 0 Å². The molecule has 0 radical (unpaired) electrons. The highest BCUT2D eigenvalue weighted by molar-refractivity contribution is 5.78. The van der Waals surface area contributed by atoms with Gasteiger partial charge in [0, 0.05) is 11.4 Å². The molecule has 0 unspecified atom stereocenters. The molecule has 8 heavy (non-hydrogen) atoms. The monoisotopic (exact) mass is 116 g/mol. The molecule has 1 rings (SSSR count). The molecule has 1 aliphatic rings. The quantitative estimate of drug-likeness (QED) is 0.510. The first-order chi connectivity index (χ1) is 5.26. The van der Waals surface area contributed by atoms with Gasteiger partial charge >= 0.3 is 0 Å². The SMILES string of the molecule is [2H]C1([2H])CC(C(C)=O)CC1([2H])[2H]. The second-order valence-electron chi connectivity index (χ2n) is 2.07. The summed E-state index contributed by atoms with van der Waals surface area (Å²) in [5.41, 5.74) is 0. The molecule has 0 spiro atoms. The topological polar surface area (TPSA) is 17.1 Å². The van der Waals surface area contributed by atoms with Crippen LogP contribution in [0.5, 0.6) is 0 Å². The summed E-state index contributed by atoms with van der Waals surface area (Å²) in [6, 6.07) is 0. The standard InChI is InChI=1S/C7H12O/c1-6(8)7-4-2-3-5-7/h7H,2-5H2,1H3/i2D2,3D2. The van der Waals surface area contributed by atoms with Gasteiger partial charge in [0.1, 0.15) is 5.78 Å². The van der Waals surface area contributed by atoms with Crippen LogP contribution in [-0.2, 0) is 4.79 Å². The van der Waals surface area contributed by atoms with Gasteiger partial charge in [-0.05, 0) is 19.8 Å². The predicted octanol–water partition coefficient (Wildman–Crippen LogP) is 1.77. The highest BCUT2D eigenvalue weighted by Gasteiger charge is 2.18. The number of carbonyl (C=O) groups excluding carboxylic acids is 1. The summed E-state index contributed by atoms with van der Waals surface area (Å²) in [5, 5.41) is 0. The lowest BCUT2D eigenvalue weighted by molar-refractivity contribution is -0.120. The third-order valence-electron chi connectivity index (χ3n) is 1.40. The van der Waals surface area contributed by atoms with Crippen LogP contribution in [0.15, 0.2) is 0 Å². The predicted molar refractivity (Wildman–Crippen MR) is 32.6 cm³/mol. The molecule has 0 heterocycles. The maximum Gasteiger partial charge on any atom is 0.132 e. The van der Waals surface area contributed by atoms with Gasteiger partial charge in [0.25, 0.3) is 0 Å². The third kappa shape index (κ3) is 1.09. The molecule has 46 valence electrons. The van der Waals surface area contributed by atoms with E-state index in [1.807, 2.05) is 0 Å². The van der Waals surface area contributed by atoms with Gasteiger partial charge in [0.2, 0.25) is 0 Å². The van der Waals surface area contributed by atoms with Gasteiger partial charge in [0.15, 0.2) is 0 Å². The summed E-state index contributed by atoms with van der Waals surface area (Å²) in [7, 11) is 0. The van der Waals surface area contributed by atoms with Gasteiger partial charge in [-0.15, -0.1) is 0 Å². The molecule has 0 amide bonds. The van der Waals surface area contributed by atoms with Gasteiger partial charge in [0.05, 0.1) is 0 Å². The van der Waals surface area contributed by atoms with Crippen molar-refractivity contribution in [2.45, 2.75) is 32.5 Å². The maximum absolute atomic E-state index is 10.9. The van der Waals surface area contributed by atoms with Crippen LogP contribution in [-0.4, -0.2) is 5.78 Å². The molecule has 0 aliphatic heterocycles. The molecule has 0 atom stereocenters. The lowest BCUT2D eigenvalue weighted by Gasteiger charge is -1.99. The second kappa shape index (κ2) is 2.29. The van der Waals surface area contributed by atoms with Crippen molar-refractivity contribution >= 4 is 5.78 Å². The molecule has 0 bridgehead atoms. The summed E-state index contributed by atoms with van der Waals surface area (Å²) >= 11 is 0. The van der Waals surface area contributed by atoms with E-state index < -0.39 is 18.7 Å². The van der Waals surface area contributed by atoms with Crippen LogP contribution in [0.25, 0.3) is 0 Å². The average molecular weight is 116 g/mol. The number of rotatable bonds is 1. The molecule has 0 aromatic carbocycles. The fourth-order valence-corrected chi connectivity index (χ4v) is 0.750. The number of ketones is 1. The van der Waals surface area contributed by atoms with E-state index in [2.05, 4.69) is 0 Å². The Morgan fingerprint density at radius 2 is 2.12 bits per heavy atom. The largest absolute Gasteiger partial charge is 0.300 e. The van der Waals surface area contributed by atoms with E-state index >= 15 is 0 Å². The first kappa shape index (κ1) is 2.51. The van der Waals surface area contributed by atoms with E-state index in [9.17, 15) is 4.79 Å². The molecule has 0 aromatic rings. The first-order valence-corrected chi connectivity index (χ1v) is 2.77. The fraction of sp³-hybridized carbons (Fsp3) is 0.857. The minimum atomic E-state index is -1.84. The Labute approximate surface area is 55.7 Å². The summed E-state index contributed by atoms with van der Waals surface area (Å²) in [6.45, 7) is 1.39. The molecule has 0 N–H and O–H groups in total. The number of hydrogen-bond acceptors (Lipinski definition) is 1. The van der Waals surface area contributed by atoms with Crippen LogP contribution in [0.3, 0.4) is 0 Å². The van der Waals surface area contributed by atoms with Crippen molar-refractivity contribution in [2.24, 2.45) is 5.92 Å². The van der Waals surface area contributed by atoms with Gasteiger partial charge in [-0.25, -0.2) is 0 Å². The summed E-state index contributed by atoms with van der Waals surface area (Å²) < 4.78 is 29.4. The minimum absolute atomic E-state index is 0.0231. The molecule has 0 saturated heterocycles. The van der Waals surface area contributed by atoms with E-state index in [-0.39, 0.29) is 18.6 Å². The minimum Gasteiger partial charge on any atom is -0.300 e. The molecular weight excluding hydrogens is 100 g/mol. The van der Waals surface area contributed by atoms with Gasteiger partial charge in [-0.1, -0.05) is 12.7 Å². The smallest absolute Gasteiger partial charge is 0.132 e. The number of carbonyl (C=O) groups is 1. The van der Waals surface area contributed by atoms with Crippen molar-refractivity contribution in [3.8, 4) is 0 Å². The van der Waals surface area contributed by atoms with Crippen LogP contribution in [0, 0.1) is 5.92 Å². The first-order valence-electron chi connectivity index (χ1n) is 4.77. The Kier molecular flexibility index (Phi) is 0.718. The van der Waals surface area contributed by atoms with Crippen molar-refractivity contribution in [3.63, 3.8) is 0 Å². The summed E-state index contributed by atoms with van der Waals surface area (Å²) in [6.07, 6.45) is -3.64. The summed E-state index contributed by atoms with van der Waals surface area (Å²) in [4.78, 5) is 10.9. The highest BCUT2D eigenvalue weighted by Crippen LogP contribution is 2.24. The summed E-state index contributed by atoms with van der Waals surface area (Å²) in [5.74, 6) is -0.546. The van der Waals surface area contributed by atoms with Crippen molar-refractivity contribution in [3.05, 3.63) is 0 Å². The molecule has 1 saturated carbocycles. The fourth-order valence-electron chi connectivity index (χ4n) is 0.750. The zero-order valence-corrected chi connectivity index (χ0v) is 4.90. The molecule has 0 aromatic heterocycles. The van der Waals surface area contributed by atoms with E-state index in [0.717, 1.165) is 0 Å². The van der Waals surface area contributed by atoms with E-state index in [1.165, 1.54) is 6.92 Å². The van der Waals surface area contributed by atoms with Crippen LogP contribution in [0.4, 0.5) is 0 Å². The molecular formula is C7H12O.